The summed E-state index contributed by atoms with van der Waals surface area (Å²) in [7, 11) is 1.84. The van der Waals surface area contributed by atoms with Gasteiger partial charge in [-0.15, -0.1) is 0 Å². The number of para-hydroxylation sites is 1. The van der Waals surface area contributed by atoms with E-state index in [0.717, 1.165) is 31.6 Å². The molecule has 1 unspecified atom stereocenters. The summed E-state index contributed by atoms with van der Waals surface area (Å²) in [5.74, 6) is 0.979. The molecule has 0 aromatic heterocycles. The third-order valence-corrected chi connectivity index (χ3v) is 4.26. The molecule has 1 saturated carbocycles. The van der Waals surface area contributed by atoms with Crippen molar-refractivity contribution in [3.05, 3.63) is 29.8 Å². The Kier molecular flexibility index (Phi) is 5.44. The minimum absolute atomic E-state index is 0.0671. The van der Waals surface area contributed by atoms with E-state index in [9.17, 15) is 0 Å². The molecule has 0 heterocycles. The predicted molar refractivity (Wildman–Crippen MR) is 82.2 cm³/mol. The van der Waals surface area contributed by atoms with Crippen LogP contribution in [-0.2, 0) is 4.74 Å². The Balaban J connectivity index is 2.30. The smallest absolute Gasteiger partial charge is 0.124 e. The largest absolute Gasteiger partial charge is 0.494 e. The number of hydrogen-bond donors (Lipinski definition) is 1. The summed E-state index contributed by atoms with van der Waals surface area (Å²) < 4.78 is 11.7. The van der Waals surface area contributed by atoms with Crippen LogP contribution >= 0.6 is 0 Å². The van der Waals surface area contributed by atoms with E-state index in [-0.39, 0.29) is 11.6 Å². The summed E-state index contributed by atoms with van der Waals surface area (Å²) in [5.41, 5.74) is 1.16. The zero-order valence-electron chi connectivity index (χ0n) is 12.9. The van der Waals surface area contributed by atoms with Gasteiger partial charge in [-0.1, -0.05) is 25.1 Å². The number of nitrogens with one attached hydrogen (secondary N) is 1. The lowest BCUT2D eigenvalue weighted by atomic mass is 9.72. The highest BCUT2D eigenvalue weighted by molar-refractivity contribution is 5.38. The highest BCUT2D eigenvalue weighted by Gasteiger charge is 2.45. The fourth-order valence-electron chi connectivity index (χ4n) is 3.01. The van der Waals surface area contributed by atoms with Gasteiger partial charge < -0.3 is 14.8 Å². The zero-order valence-corrected chi connectivity index (χ0v) is 12.9. The van der Waals surface area contributed by atoms with Gasteiger partial charge in [0.2, 0.25) is 0 Å². The van der Waals surface area contributed by atoms with Crippen LogP contribution in [0.4, 0.5) is 0 Å². The van der Waals surface area contributed by atoms with Gasteiger partial charge in [-0.2, -0.15) is 0 Å². The molecule has 0 amide bonds. The number of hydrogen-bond acceptors (Lipinski definition) is 3. The van der Waals surface area contributed by atoms with Crippen LogP contribution in [0.2, 0.25) is 0 Å². The van der Waals surface area contributed by atoms with E-state index in [4.69, 9.17) is 9.47 Å². The maximum absolute atomic E-state index is 5.90. The fraction of sp³-hybridized carbons (Fsp3) is 0.647. The van der Waals surface area contributed by atoms with Gasteiger partial charge >= 0.3 is 0 Å². The van der Waals surface area contributed by atoms with E-state index in [1.54, 1.807) is 0 Å². The molecule has 0 radical (unpaired) electrons. The molecule has 1 aliphatic carbocycles. The molecule has 0 bridgehead atoms. The number of rotatable bonds is 8. The average Bonchev–Trinajstić information content (AvgIpc) is 2.43. The van der Waals surface area contributed by atoms with Crippen LogP contribution in [0.25, 0.3) is 0 Å². The maximum Gasteiger partial charge on any atom is 0.124 e. The molecule has 1 atom stereocenters. The van der Waals surface area contributed by atoms with Gasteiger partial charge in [0, 0.05) is 12.7 Å². The second-order valence-corrected chi connectivity index (χ2v) is 5.48. The Labute approximate surface area is 122 Å². The summed E-state index contributed by atoms with van der Waals surface area (Å²) in [5, 5.41) is 3.67. The molecular weight excluding hydrogens is 250 g/mol. The van der Waals surface area contributed by atoms with Gasteiger partial charge in [0.1, 0.15) is 5.75 Å². The molecule has 0 spiro atoms. The van der Waals surface area contributed by atoms with Crippen molar-refractivity contribution in [2.75, 3.05) is 20.3 Å². The molecule has 3 nitrogen and oxygen atoms in total. The van der Waals surface area contributed by atoms with Crippen molar-refractivity contribution in [3.63, 3.8) is 0 Å². The molecular formula is C17H27NO2. The molecule has 1 fully saturated rings. The third-order valence-electron chi connectivity index (χ3n) is 4.26. The monoisotopic (exact) mass is 277 g/mol. The summed E-state index contributed by atoms with van der Waals surface area (Å²) in [4.78, 5) is 0. The van der Waals surface area contributed by atoms with Crippen LogP contribution in [0.5, 0.6) is 5.75 Å². The lowest BCUT2D eigenvalue weighted by Crippen LogP contribution is -2.50. The second-order valence-electron chi connectivity index (χ2n) is 5.48. The van der Waals surface area contributed by atoms with Gasteiger partial charge in [-0.05, 0) is 45.2 Å². The molecule has 0 aliphatic heterocycles. The quantitative estimate of drug-likeness (QED) is 0.786. The van der Waals surface area contributed by atoms with Crippen molar-refractivity contribution >= 4 is 0 Å². The molecule has 1 N–H and O–H groups in total. The standard InChI is InChI=1S/C17H27NO2/c1-4-13-18-16(17(19-3)11-8-12-17)14-9-6-7-10-15(14)20-5-2/h6-7,9-10,16,18H,4-5,8,11-13H2,1-3H3. The highest BCUT2D eigenvalue weighted by atomic mass is 16.5. The van der Waals surface area contributed by atoms with Crippen LogP contribution in [0.3, 0.4) is 0 Å². The van der Waals surface area contributed by atoms with Crippen molar-refractivity contribution in [2.24, 2.45) is 0 Å². The van der Waals surface area contributed by atoms with Crippen LogP contribution < -0.4 is 10.1 Å². The van der Waals surface area contributed by atoms with Crippen molar-refractivity contribution in [3.8, 4) is 5.75 Å². The SMILES string of the molecule is CCCNC(c1ccccc1OCC)C1(OC)CCC1. The van der Waals surface area contributed by atoms with Crippen molar-refractivity contribution in [1.82, 2.24) is 5.32 Å². The van der Waals surface area contributed by atoms with E-state index in [2.05, 4.69) is 30.4 Å². The zero-order chi connectivity index (χ0) is 14.4. The minimum atomic E-state index is -0.0671. The van der Waals surface area contributed by atoms with Gasteiger partial charge in [-0.25, -0.2) is 0 Å². The third kappa shape index (κ3) is 2.99. The number of benzene rings is 1. The summed E-state index contributed by atoms with van der Waals surface area (Å²) in [6.45, 7) is 5.91. The Morgan fingerprint density at radius 2 is 2.00 bits per heavy atom. The summed E-state index contributed by atoms with van der Waals surface area (Å²) in [6, 6.07) is 8.55. The van der Waals surface area contributed by atoms with E-state index in [1.165, 1.54) is 12.0 Å². The van der Waals surface area contributed by atoms with Gasteiger partial charge in [0.25, 0.3) is 0 Å². The predicted octanol–water partition coefficient (Wildman–Crippen LogP) is 3.70. The van der Waals surface area contributed by atoms with E-state index < -0.39 is 0 Å². The first-order chi connectivity index (χ1) is 9.77. The van der Waals surface area contributed by atoms with Crippen LogP contribution in [0, 0.1) is 0 Å². The lowest BCUT2D eigenvalue weighted by molar-refractivity contribution is -0.100. The molecule has 1 aromatic carbocycles. The molecule has 20 heavy (non-hydrogen) atoms. The van der Waals surface area contributed by atoms with Gasteiger partial charge in [0.05, 0.1) is 18.2 Å². The topological polar surface area (TPSA) is 30.5 Å². The van der Waals surface area contributed by atoms with Crippen molar-refractivity contribution in [1.29, 1.82) is 0 Å². The van der Waals surface area contributed by atoms with E-state index in [1.807, 2.05) is 20.1 Å². The summed E-state index contributed by atoms with van der Waals surface area (Å²) in [6.07, 6.45) is 4.60. The van der Waals surface area contributed by atoms with Crippen LogP contribution in [0.1, 0.15) is 51.1 Å². The molecule has 3 heteroatoms. The van der Waals surface area contributed by atoms with Crippen LogP contribution in [-0.4, -0.2) is 25.9 Å². The average molecular weight is 277 g/mol. The highest BCUT2D eigenvalue weighted by Crippen LogP contribution is 2.46. The second kappa shape index (κ2) is 7.09. The molecule has 0 saturated heterocycles. The Morgan fingerprint density at radius 1 is 1.25 bits per heavy atom. The van der Waals surface area contributed by atoms with E-state index in [0.29, 0.717) is 6.61 Å². The Bertz CT molecular complexity index is 410. The van der Waals surface area contributed by atoms with E-state index >= 15 is 0 Å². The summed E-state index contributed by atoms with van der Waals surface area (Å²) >= 11 is 0. The number of ether oxygens (including phenoxy) is 2. The first kappa shape index (κ1) is 15.3. The molecule has 1 aliphatic rings. The van der Waals surface area contributed by atoms with Gasteiger partial charge in [0.15, 0.2) is 0 Å². The lowest BCUT2D eigenvalue weighted by Gasteiger charge is -2.47. The fourth-order valence-corrected chi connectivity index (χ4v) is 3.01. The molecule has 2 rings (SSSR count). The first-order valence-electron chi connectivity index (χ1n) is 7.77. The normalized spacial score (nSPS) is 18.4. The van der Waals surface area contributed by atoms with Gasteiger partial charge in [-0.3, -0.25) is 0 Å². The molecule has 1 aromatic rings. The first-order valence-corrected chi connectivity index (χ1v) is 7.77. The number of methoxy groups -OCH3 is 1. The Hall–Kier alpha value is -1.06. The minimum Gasteiger partial charge on any atom is -0.494 e. The Morgan fingerprint density at radius 3 is 2.55 bits per heavy atom. The molecule has 112 valence electrons. The van der Waals surface area contributed by atoms with Crippen LogP contribution in [0.15, 0.2) is 24.3 Å². The van der Waals surface area contributed by atoms with Crippen molar-refractivity contribution < 1.29 is 9.47 Å². The maximum atomic E-state index is 5.90. The van der Waals surface area contributed by atoms with Crippen molar-refractivity contribution in [2.45, 2.75) is 51.2 Å².